The summed E-state index contributed by atoms with van der Waals surface area (Å²) in [7, 11) is 0. The molecular formula is C13H14ClN5O. The summed E-state index contributed by atoms with van der Waals surface area (Å²) in [5, 5.41) is 1.79. The summed E-state index contributed by atoms with van der Waals surface area (Å²) in [6, 6.07) is 6.91. The Hall–Kier alpha value is -2.18. The van der Waals surface area contributed by atoms with Crippen LogP contribution in [0.15, 0.2) is 41.7 Å². The van der Waals surface area contributed by atoms with E-state index in [1.54, 1.807) is 37.3 Å². The van der Waals surface area contributed by atoms with Crippen molar-refractivity contribution in [2.24, 2.45) is 5.84 Å². The number of aryl methyl sites for hydroxylation is 1. The Morgan fingerprint density at radius 1 is 1.50 bits per heavy atom. The van der Waals surface area contributed by atoms with Crippen molar-refractivity contribution in [3.8, 4) is 5.69 Å². The van der Waals surface area contributed by atoms with Crippen LogP contribution in [0.4, 0.5) is 5.95 Å². The number of nitrogens with two attached hydrogens (primary N) is 1. The third-order valence-corrected chi connectivity index (χ3v) is 2.86. The molecule has 0 saturated carbocycles. The number of benzene rings is 1. The number of rotatable bonds is 4. The smallest absolute Gasteiger partial charge is 0.275 e. The number of anilines is 1. The largest absolute Gasteiger partial charge is 0.356 e. The molecule has 20 heavy (non-hydrogen) atoms. The summed E-state index contributed by atoms with van der Waals surface area (Å²) in [6.07, 6.45) is 1.60. The van der Waals surface area contributed by atoms with Gasteiger partial charge in [-0.1, -0.05) is 23.7 Å². The zero-order chi connectivity index (χ0) is 14.7. The lowest BCUT2D eigenvalue weighted by atomic mass is 10.3. The maximum atomic E-state index is 12.1. The first-order valence-corrected chi connectivity index (χ1v) is 6.27. The molecule has 0 bridgehead atoms. The van der Waals surface area contributed by atoms with E-state index in [9.17, 15) is 4.79 Å². The van der Waals surface area contributed by atoms with Crippen molar-refractivity contribution in [2.75, 3.05) is 11.6 Å². The van der Waals surface area contributed by atoms with Gasteiger partial charge in [-0.15, -0.1) is 6.58 Å². The zero-order valence-corrected chi connectivity index (χ0v) is 11.7. The van der Waals surface area contributed by atoms with Gasteiger partial charge in [0.2, 0.25) is 5.95 Å². The Balaban J connectivity index is 2.52. The number of aromatic nitrogens is 3. The first-order valence-electron chi connectivity index (χ1n) is 5.89. The van der Waals surface area contributed by atoms with Crippen LogP contribution in [0.3, 0.4) is 0 Å². The van der Waals surface area contributed by atoms with Crippen LogP contribution in [0.25, 0.3) is 5.69 Å². The van der Waals surface area contributed by atoms with E-state index in [0.29, 0.717) is 23.1 Å². The maximum absolute atomic E-state index is 12.1. The second kappa shape index (κ2) is 5.85. The molecule has 0 fully saturated rings. The molecule has 7 heteroatoms. The Bertz CT molecular complexity index is 697. The molecule has 0 aliphatic carbocycles. The number of hydrogen-bond donors (Lipinski definition) is 1. The molecular weight excluding hydrogens is 278 g/mol. The van der Waals surface area contributed by atoms with E-state index in [1.165, 1.54) is 9.58 Å². The summed E-state index contributed by atoms with van der Waals surface area (Å²) in [5.74, 6) is 6.36. The van der Waals surface area contributed by atoms with Crippen LogP contribution in [-0.4, -0.2) is 21.1 Å². The first-order chi connectivity index (χ1) is 9.52. The average Bonchev–Trinajstić information content (AvgIpc) is 2.38. The molecule has 1 heterocycles. The molecule has 0 radical (unpaired) electrons. The molecule has 104 valence electrons. The molecule has 2 aromatic rings. The predicted octanol–water partition coefficient (Wildman–Crippen LogP) is 1.46. The fraction of sp³-hybridized carbons (Fsp3) is 0.154. The summed E-state index contributed by atoms with van der Waals surface area (Å²) in [6.45, 7) is 5.62. The molecule has 6 nitrogen and oxygen atoms in total. The number of nitrogens with zero attached hydrogens (tertiary/aromatic N) is 4. The van der Waals surface area contributed by atoms with Gasteiger partial charge in [0, 0.05) is 5.02 Å². The Labute approximate surface area is 121 Å². The molecule has 0 amide bonds. The Morgan fingerprint density at radius 2 is 2.25 bits per heavy atom. The fourth-order valence-electron chi connectivity index (χ4n) is 1.76. The number of hydrazine groups is 1. The van der Waals surface area contributed by atoms with Crippen molar-refractivity contribution in [3.63, 3.8) is 0 Å². The van der Waals surface area contributed by atoms with E-state index in [1.807, 2.05) is 0 Å². The second-order valence-electron chi connectivity index (χ2n) is 4.11. The Morgan fingerprint density at radius 3 is 2.85 bits per heavy atom. The van der Waals surface area contributed by atoms with Crippen LogP contribution in [0.5, 0.6) is 0 Å². The quantitative estimate of drug-likeness (QED) is 0.524. The highest BCUT2D eigenvalue weighted by atomic mass is 35.5. The molecule has 0 saturated heterocycles. The van der Waals surface area contributed by atoms with Crippen molar-refractivity contribution in [1.82, 2.24) is 14.5 Å². The van der Waals surface area contributed by atoms with Crippen LogP contribution in [-0.2, 0) is 0 Å². The van der Waals surface area contributed by atoms with Crippen molar-refractivity contribution in [2.45, 2.75) is 6.92 Å². The van der Waals surface area contributed by atoms with Crippen molar-refractivity contribution >= 4 is 17.5 Å². The molecule has 0 atom stereocenters. The van der Waals surface area contributed by atoms with Gasteiger partial charge in [0.25, 0.3) is 0 Å². The number of halogens is 1. The summed E-state index contributed by atoms with van der Waals surface area (Å²) >= 11 is 5.93. The van der Waals surface area contributed by atoms with Crippen LogP contribution < -0.4 is 16.5 Å². The zero-order valence-electron chi connectivity index (χ0n) is 11.0. The molecule has 0 unspecified atom stereocenters. The first kappa shape index (κ1) is 14.2. The van der Waals surface area contributed by atoms with Gasteiger partial charge in [0.15, 0.2) is 0 Å². The minimum absolute atomic E-state index is 0.158. The van der Waals surface area contributed by atoms with E-state index in [2.05, 4.69) is 16.5 Å². The van der Waals surface area contributed by atoms with Gasteiger partial charge in [-0.05, 0) is 25.1 Å². The van der Waals surface area contributed by atoms with Crippen molar-refractivity contribution < 1.29 is 0 Å². The SMILES string of the molecule is C=CCN(N)c1nc(C)n(-c2cccc(Cl)c2)c(=O)n1. The molecule has 0 aliphatic heterocycles. The summed E-state index contributed by atoms with van der Waals surface area (Å²) in [5.41, 5.74) is 0.146. The molecule has 2 rings (SSSR count). The highest BCUT2D eigenvalue weighted by molar-refractivity contribution is 6.30. The number of hydrogen-bond acceptors (Lipinski definition) is 5. The highest BCUT2D eigenvalue weighted by Gasteiger charge is 2.11. The van der Waals surface area contributed by atoms with Gasteiger partial charge in [-0.25, -0.2) is 15.2 Å². The molecule has 1 aromatic heterocycles. The Kier molecular flexibility index (Phi) is 4.16. The fourth-order valence-corrected chi connectivity index (χ4v) is 1.94. The lowest BCUT2D eigenvalue weighted by Crippen LogP contribution is -2.36. The summed E-state index contributed by atoms with van der Waals surface area (Å²) < 4.78 is 1.37. The van der Waals surface area contributed by atoms with E-state index in [0.717, 1.165) is 0 Å². The van der Waals surface area contributed by atoms with E-state index >= 15 is 0 Å². The minimum Gasteiger partial charge on any atom is -0.275 e. The monoisotopic (exact) mass is 291 g/mol. The molecule has 2 N–H and O–H groups in total. The van der Waals surface area contributed by atoms with Gasteiger partial charge in [-0.2, -0.15) is 9.97 Å². The lowest BCUT2D eigenvalue weighted by molar-refractivity contribution is 0.768. The average molecular weight is 292 g/mol. The van der Waals surface area contributed by atoms with Gasteiger partial charge in [0.05, 0.1) is 12.2 Å². The van der Waals surface area contributed by atoms with E-state index < -0.39 is 5.69 Å². The van der Waals surface area contributed by atoms with Crippen molar-refractivity contribution in [1.29, 1.82) is 0 Å². The van der Waals surface area contributed by atoms with E-state index in [-0.39, 0.29) is 5.95 Å². The molecule has 0 spiro atoms. The third-order valence-electron chi connectivity index (χ3n) is 2.62. The van der Waals surface area contributed by atoms with Gasteiger partial charge < -0.3 is 0 Å². The van der Waals surface area contributed by atoms with Gasteiger partial charge >= 0.3 is 5.69 Å². The van der Waals surface area contributed by atoms with Crippen LogP contribution in [0.2, 0.25) is 5.02 Å². The van der Waals surface area contributed by atoms with Gasteiger partial charge in [0.1, 0.15) is 5.82 Å². The summed E-state index contributed by atoms with van der Waals surface area (Å²) in [4.78, 5) is 20.2. The maximum Gasteiger partial charge on any atom is 0.356 e. The molecule has 1 aromatic carbocycles. The lowest BCUT2D eigenvalue weighted by Gasteiger charge is -2.16. The van der Waals surface area contributed by atoms with Gasteiger partial charge in [-0.3, -0.25) is 5.01 Å². The van der Waals surface area contributed by atoms with E-state index in [4.69, 9.17) is 17.4 Å². The minimum atomic E-state index is -0.464. The van der Waals surface area contributed by atoms with Crippen LogP contribution in [0, 0.1) is 6.92 Å². The third kappa shape index (κ3) is 2.87. The predicted molar refractivity (Wildman–Crippen MR) is 79.1 cm³/mol. The second-order valence-corrected chi connectivity index (χ2v) is 4.55. The highest BCUT2D eigenvalue weighted by Crippen LogP contribution is 2.14. The van der Waals surface area contributed by atoms with Crippen molar-refractivity contribution in [3.05, 3.63) is 58.3 Å². The molecule has 0 aliphatic rings. The van der Waals surface area contributed by atoms with Crippen LogP contribution in [0.1, 0.15) is 5.82 Å². The van der Waals surface area contributed by atoms with Crippen LogP contribution >= 0.6 is 11.6 Å². The topological polar surface area (TPSA) is 77.0 Å². The normalized spacial score (nSPS) is 10.3. The standard InChI is InChI=1S/C13H14ClN5O/c1-3-7-18(15)12-16-9(2)19(13(20)17-12)11-6-4-5-10(14)8-11/h3-6,8H,1,7,15H2,2H3.